The molecule has 1 amide bonds. The molecule has 2 nitrogen and oxygen atoms in total. The second kappa shape index (κ2) is 3.88. The van der Waals surface area contributed by atoms with Crippen molar-refractivity contribution in [2.24, 2.45) is 0 Å². The van der Waals surface area contributed by atoms with Gasteiger partial charge in [-0.3, -0.25) is 9.63 Å². The van der Waals surface area contributed by atoms with Crippen LogP contribution in [0.2, 0.25) is 0 Å². The quantitative estimate of drug-likeness (QED) is 0.729. The summed E-state index contributed by atoms with van der Waals surface area (Å²) in [5.41, 5.74) is -0.725. The molecule has 0 aliphatic rings. The molecular formula is C8H5ClF3NO. The predicted octanol–water partition coefficient (Wildman–Crippen LogP) is 2.59. The van der Waals surface area contributed by atoms with Gasteiger partial charge in [-0.25, -0.2) is 0 Å². The van der Waals surface area contributed by atoms with Crippen molar-refractivity contribution < 1.29 is 18.0 Å². The van der Waals surface area contributed by atoms with E-state index in [1.807, 2.05) is 0 Å². The molecule has 1 aromatic carbocycles. The molecule has 0 saturated heterocycles. The van der Waals surface area contributed by atoms with Crippen molar-refractivity contribution in [2.45, 2.75) is 6.18 Å². The average molecular weight is 224 g/mol. The average Bonchev–Trinajstić information content (AvgIpc) is 2.15. The molecule has 0 fully saturated rings. The Balaban J connectivity index is 2.95. The summed E-state index contributed by atoms with van der Waals surface area (Å²) >= 11 is 4.99. The van der Waals surface area contributed by atoms with Gasteiger partial charge in [0.05, 0.1) is 5.56 Å². The maximum absolute atomic E-state index is 12.1. The molecule has 0 unspecified atom stereocenters. The van der Waals surface area contributed by atoms with Crippen LogP contribution in [0.1, 0.15) is 15.9 Å². The number of amides is 1. The number of nitrogens with one attached hydrogen (secondary N) is 1. The third kappa shape index (κ3) is 2.38. The zero-order chi connectivity index (χ0) is 10.8. The van der Waals surface area contributed by atoms with Gasteiger partial charge in [0.15, 0.2) is 0 Å². The third-order valence-electron chi connectivity index (χ3n) is 1.56. The molecule has 0 aromatic heterocycles. The number of benzene rings is 1. The van der Waals surface area contributed by atoms with Crippen molar-refractivity contribution in [3.8, 4) is 0 Å². The first kappa shape index (κ1) is 10.8. The summed E-state index contributed by atoms with van der Waals surface area (Å²) in [6.45, 7) is 0. The van der Waals surface area contributed by atoms with E-state index in [0.29, 0.717) is 0 Å². The minimum absolute atomic E-state index is 0.0769. The number of alkyl halides is 3. The van der Waals surface area contributed by atoms with Gasteiger partial charge in [0.2, 0.25) is 0 Å². The topological polar surface area (TPSA) is 29.1 Å². The van der Waals surface area contributed by atoms with Crippen molar-refractivity contribution in [3.63, 3.8) is 0 Å². The van der Waals surface area contributed by atoms with Crippen molar-refractivity contribution in [1.29, 1.82) is 0 Å². The fraction of sp³-hybridized carbons (Fsp3) is 0.125. The molecule has 6 heteroatoms. The van der Waals surface area contributed by atoms with Crippen molar-refractivity contribution >= 4 is 17.7 Å². The van der Waals surface area contributed by atoms with E-state index in [2.05, 4.69) is 0 Å². The first-order chi connectivity index (χ1) is 6.45. The standard InChI is InChI=1S/C8H5ClF3NO/c9-13-7(14)5-1-3-6(4-2-5)8(10,11)12/h1-4H,(H,13,14). The predicted molar refractivity (Wildman–Crippen MR) is 44.8 cm³/mol. The lowest BCUT2D eigenvalue weighted by Crippen LogP contribution is -2.13. The van der Waals surface area contributed by atoms with Gasteiger partial charge in [-0.2, -0.15) is 13.2 Å². The Morgan fingerprint density at radius 1 is 1.21 bits per heavy atom. The van der Waals surface area contributed by atoms with Gasteiger partial charge >= 0.3 is 6.18 Å². The van der Waals surface area contributed by atoms with Crippen LogP contribution in [0.4, 0.5) is 13.2 Å². The first-order valence-corrected chi connectivity index (χ1v) is 3.91. The highest BCUT2D eigenvalue weighted by atomic mass is 35.5. The summed E-state index contributed by atoms with van der Waals surface area (Å²) in [5.74, 6) is -0.639. The summed E-state index contributed by atoms with van der Waals surface area (Å²) < 4.78 is 36.2. The minimum atomic E-state index is -4.39. The molecule has 0 spiro atoms. The zero-order valence-corrected chi connectivity index (χ0v) is 7.49. The van der Waals surface area contributed by atoms with E-state index in [1.165, 1.54) is 0 Å². The Hall–Kier alpha value is -1.23. The Kier molecular flexibility index (Phi) is 3.00. The number of hydrogen-bond acceptors (Lipinski definition) is 1. The van der Waals surface area contributed by atoms with Gasteiger partial charge in [0.1, 0.15) is 0 Å². The highest BCUT2D eigenvalue weighted by molar-refractivity contribution is 6.24. The van der Waals surface area contributed by atoms with Crippen molar-refractivity contribution in [2.75, 3.05) is 0 Å². The van der Waals surface area contributed by atoms with Crippen LogP contribution in [0, 0.1) is 0 Å². The molecule has 1 N–H and O–H groups in total. The van der Waals surface area contributed by atoms with E-state index in [1.54, 1.807) is 4.84 Å². The van der Waals surface area contributed by atoms with E-state index < -0.39 is 17.6 Å². The third-order valence-corrected chi connectivity index (χ3v) is 1.73. The van der Waals surface area contributed by atoms with Gasteiger partial charge in [-0.15, -0.1) is 0 Å². The molecule has 0 aliphatic heterocycles. The van der Waals surface area contributed by atoms with Crippen LogP contribution in [-0.4, -0.2) is 5.91 Å². The Bertz CT molecular complexity index is 333. The van der Waals surface area contributed by atoms with E-state index in [4.69, 9.17) is 11.8 Å². The fourth-order valence-corrected chi connectivity index (χ4v) is 0.974. The van der Waals surface area contributed by atoms with Gasteiger partial charge in [0, 0.05) is 17.3 Å². The Morgan fingerprint density at radius 3 is 2.07 bits per heavy atom. The lowest BCUT2D eigenvalue weighted by Gasteiger charge is -2.06. The zero-order valence-electron chi connectivity index (χ0n) is 6.73. The minimum Gasteiger partial charge on any atom is -0.268 e. The van der Waals surface area contributed by atoms with E-state index in [-0.39, 0.29) is 5.56 Å². The maximum atomic E-state index is 12.1. The van der Waals surface area contributed by atoms with E-state index >= 15 is 0 Å². The van der Waals surface area contributed by atoms with Gasteiger partial charge in [-0.1, -0.05) is 0 Å². The van der Waals surface area contributed by atoms with Gasteiger partial charge < -0.3 is 0 Å². The maximum Gasteiger partial charge on any atom is 0.416 e. The number of carbonyl (C=O) groups is 1. The summed E-state index contributed by atoms with van der Waals surface area (Å²) in [5, 5.41) is 0. The summed E-state index contributed by atoms with van der Waals surface area (Å²) in [6, 6.07) is 3.75. The first-order valence-electron chi connectivity index (χ1n) is 3.53. The van der Waals surface area contributed by atoms with E-state index in [0.717, 1.165) is 24.3 Å². The van der Waals surface area contributed by atoms with E-state index in [9.17, 15) is 18.0 Å². The second-order valence-corrected chi connectivity index (χ2v) is 2.69. The Labute approximate surface area is 82.8 Å². The molecule has 0 atom stereocenters. The molecule has 0 aliphatic carbocycles. The van der Waals surface area contributed by atoms with Gasteiger partial charge in [0.25, 0.3) is 5.91 Å². The van der Waals surface area contributed by atoms with Crippen LogP contribution >= 0.6 is 11.8 Å². The number of carbonyl (C=O) groups excluding carboxylic acids is 1. The Morgan fingerprint density at radius 2 is 1.71 bits per heavy atom. The van der Waals surface area contributed by atoms with Crippen LogP contribution in [0.25, 0.3) is 0 Å². The largest absolute Gasteiger partial charge is 0.416 e. The van der Waals surface area contributed by atoms with Crippen molar-refractivity contribution in [3.05, 3.63) is 35.4 Å². The molecule has 14 heavy (non-hydrogen) atoms. The fourth-order valence-electron chi connectivity index (χ4n) is 0.865. The molecule has 1 aromatic rings. The highest BCUT2D eigenvalue weighted by Crippen LogP contribution is 2.28. The van der Waals surface area contributed by atoms with Gasteiger partial charge in [-0.05, 0) is 24.3 Å². The summed E-state index contributed by atoms with van der Waals surface area (Å²) in [7, 11) is 0. The number of hydrogen-bond donors (Lipinski definition) is 1. The van der Waals surface area contributed by atoms with Crippen LogP contribution in [0.5, 0.6) is 0 Å². The molecule has 0 saturated carbocycles. The molecule has 1 rings (SSSR count). The summed E-state index contributed by atoms with van der Waals surface area (Å²) in [6.07, 6.45) is -4.39. The molecule has 0 radical (unpaired) electrons. The van der Waals surface area contributed by atoms with Crippen LogP contribution in [0.3, 0.4) is 0 Å². The lowest BCUT2D eigenvalue weighted by molar-refractivity contribution is -0.137. The highest BCUT2D eigenvalue weighted by Gasteiger charge is 2.30. The van der Waals surface area contributed by atoms with Crippen LogP contribution < -0.4 is 4.84 Å². The molecule has 76 valence electrons. The number of rotatable bonds is 1. The second-order valence-electron chi connectivity index (χ2n) is 2.50. The normalized spacial score (nSPS) is 11.1. The van der Waals surface area contributed by atoms with Crippen LogP contribution in [0.15, 0.2) is 24.3 Å². The SMILES string of the molecule is O=C(NCl)c1ccc(C(F)(F)F)cc1. The number of halogens is 4. The smallest absolute Gasteiger partial charge is 0.268 e. The molecule has 0 heterocycles. The van der Waals surface area contributed by atoms with Crippen molar-refractivity contribution in [1.82, 2.24) is 4.84 Å². The monoisotopic (exact) mass is 223 g/mol. The lowest BCUT2D eigenvalue weighted by atomic mass is 10.1. The molecule has 0 bridgehead atoms. The van der Waals surface area contributed by atoms with Crippen LogP contribution in [-0.2, 0) is 6.18 Å². The molecular weight excluding hydrogens is 219 g/mol. The summed E-state index contributed by atoms with van der Waals surface area (Å²) in [4.78, 5) is 12.6.